The Morgan fingerprint density at radius 3 is 2.25 bits per heavy atom. The highest BCUT2D eigenvalue weighted by Crippen LogP contribution is 2.10. The van der Waals surface area contributed by atoms with Gasteiger partial charge < -0.3 is 9.84 Å². The molecule has 0 heterocycles. The van der Waals surface area contributed by atoms with E-state index in [4.69, 9.17) is 4.74 Å². The van der Waals surface area contributed by atoms with E-state index in [2.05, 4.69) is 6.58 Å². The van der Waals surface area contributed by atoms with Crippen molar-refractivity contribution >= 4 is 5.97 Å². The molecule has 1 atom stereocenters. The maximum Gasteiger partial charge on any atom is 0.336 e. The number of carbonyl (C=O) groups is 1. The van der Waals surface area contributed by atoms with Crippen LogP contribution in [-0.4, -0.2) is 36.0 Å². The number of hydrogen-bond acceptors (Lipinski definition) is 4. The Kier molecular flexibility index (Phi) is 3.42. The topological polar surface area (TPSA) is 49.8 Å². The van der Waals surface area contributed by atoms with Crippen LogP contribution in [-0.2, 0) is 9.53 Å². The van der Waals surface area contributed by atoms with Gasteiger partial charge in [0.25, 0.3) is 5.91 Å². The summed E-state index contributed by atoms with van der Waals surface area (Å²) in [6, 6.07) is 0. The van der Waals surface area contributed by atoms with E-state index in [1.54, 1.807) is 14.1 Å². The van der Waals surface area contributed by atoms with Gasteiger partial charge in [0.2, 0.25) is 0 Å². The summed E-state index contributed by atoms with van der Waals surface area (Å²) >= 11 is 0. The van der Waals surface area contributed by atoms with Crippen LogP contribution in [0, 0.1) is 0 Å². The van der Waals surface area contributed by atoms with Gasteiger partial charge in [-0.3, -0.25) is 0 Å². The fourth-order valence-electron chi connectivity index (χ4n) is 0.354. The number of esters is 1. The third kappa shape index (κ3) is 3.02. The minimum atomic E-state index is -1.57. The molecular weight excluding hydrogens is 158 g/mol. The first kappa shape index (κ1) is 11.1. The normalized spacial score (nSPS) is 15.5. The lowest BCUT2D eigenvalue weighted by Gasteiger charge is -2.29. The Morgan fingerprint density at radius 2 is 2.00 bits per heavy atom. The quantitative estimate of drug-likeness (QED) is 0.379. The van der Waals surface area contributed by atoms with E-state index >= 15 is 0 Å². The summed E-state index contributed by atoms with van der Waals surface area (Å²) in [5.74, 6) is -2.18. The Morgan fingerprint density at radius 1 is 1.58 bits per heavy atom. The molecule has 0 aromatic heterocycles. The highest BCUT2D eigenvalue weighted by molar-refractivity contribution is 5.87. The van der Waals surface area contributed by atoms with Crippen LogP contribution in [0.1, 0.15) is 13.8 Å². The summed E-state index contributed by atoms with van der Waals surface area (Å²) in [5.41, 5.74) is 0.261. The zero-order valence-electron chi connectivity index (χ0n) is 7.92. The number of ether oxygens (including phenoxy) is 1. The first-order chi connectivity index (χ1) is 5.27. The lowest BCUT2D eigenvalue weighted by atomic mass is 10.3. The molecule has 0 saturated heterocycles. The van der Waals surface area contributed by atoms with E-state index in [-0.39, 0.29) is 5.57 Å². The third-order valence-corrected chi connectivity index (χ3v) is 1.46. The van der Waals surface area contributed by atoms with Crippen LogP contribution in [0.5, 0.6) is 0 Å². The fraction of sp³-hybridized carbons (Fsp3) is 0.625. The number of carbonyl (C=O) groups excluding carboxylic acids is 1. The molecule has 0 bridgehead atoms. The molecule has 12 heavy (non-hydrogen) atoms. The minimum absolute atomic E-state index is 0.261. The van der Waals surface area contributed by atoms with Gasteiger partial charge in [-0.2, -0.15) is 0 Å². The third-order valence-electron chi connectivity index (χ3n) is 1.46. The van der Waals surface area contributed by atoms with Crippen LogP contribution in [0.25, 0.3) is 0 Å². The van der Waals surface area contributed by atoms with E-state index in [1.807, 2.05) is 0 Å². The van der Waals surface area contributed by atoms with E-state index in [0.717, 1.165) is 0 Å². The molecule has 1 N–H and O–H groups in total. The predicted octanol–water partition coefficient (Wildman–Crippen LogP) is 0.333. The van der Waals surface area contributed by atoms with Crippen molar-refractivity contribution in [3.63, 3.8) is 0 Å². The highest BCUT2D eigenvalue weighted by Gasteiger charge is 2.27. The van der Waals surface area contributed by atoms with Gasteiger partial charge in [0.05, 0.1) is 0 Å². The van der Waals surface area contributed by atoms with E-state index in [1.165, 1.54) is 18.7 Å². The summed E-state index contributed by atoms with van der Waals surface area (Å²) in [6.45, 7) is 6.30. The standard InChI is InChI=1S/C8H15NO3/c1-6(2)7(10)12-8(3,11)9(4)5/h11H,1H2,2-5H3. The monoisotopic (exact) mass is 173 g/mol. The van der Waals surface area contributed by atoms with E-state index < -0.39 is 11.9 Å². The number of hydrogen-bond donors (Lipinski definition) is 1. The zero-order valence-corrected chi connectivity index (χ0v) is 7.92. The maximum absolute atomic E-state index is 11.0. The Balaban J connectivity index is 4.25. The molecule has 0 radical (unpaired) electrons. The van der Waals surface area contributed by atoms with Crippen LogP contribution in [0.3, 0.4) is 0 Å². The van der Waals surface area contributed by atoms with Crippen molar-refractivity contribution in [2.75, 3.05) is 14.1 Å². The molecule has 0 aromatic rings. The number of nitrogens with zero attached hydrogens (tertiary/aromatic N) is 1. The molecule has 1 unspecified atom stereocenters. The van der Waals surface area contributed by atoms with Crippen LogP contribution in [0.15, 0.2) is 12.2 Å². The average molecular weight is 173 g/mol. The SMILES string of the molecule is C=C(C)C(=O)OC(C)(O)N(C)C. The van der Waals surface area contributed by atoms with Crippen molar-refractivity contribution in [2.45, 2.75) is 19.8 Å². The second-order valence-corrected chi connectivity index (χ2v) is 3.00. The van der Waals surface area contributed by atoms with Crippen LogP contribution in [0.2, 0.25) is 0 Å². The van der Waals surface area contributed by atoms with Gasteiger partial charge in [-0.05, 0) is 21.0 Å². The maximum atomic E-state index is 11.0. The predicted molar refractivity (Wildman–Crippen MR) is 45.2 cm³/mol. The largest absolute Gasteiger partial charge is 0.416 e. The molecule has 0 fully saturated rings. The van der Waals surface area contributed by atoms with Crippen molar-refractivity contribution in [1.82, 2.24) is 4.90 Å². The second kappa shape index (κ2) is 3.69. The molecule has 0 aliphatic heterocycles. The van der Waals surface area contributed by atoms with Crippen molar-refractivity contribution in [2.24, 2.45) is 0 Å². The summed E-state index contributed by atoms with van der Waals surface area (Å²) in [7, 11) is 3.21. The molecule has 70 valence electrons. The van der Waals surface area contributed by atoms with Crippen molar-refractivity contribution in [3.8, 4) is 0 Å². The molecular formula is C8H15NO3. The Hall–Kier alpha value is -0.870. The fourth-order valence-corrected chi connectivity index (χ4v) is 0.354. The van der Waals surface area contributed by atoms with Crippen molar-refractivity contribution in [1.29, 1.82) is 0 Å². The Bertz CT molecular complexity index is 196. The molecule has 0 saturated carbocycles. The van der Waals surface area contributed by atoms with Crippen LogP contribution < -0.4 is 0 Å². The second-order valence-electron chi connectivity index (χ2n) is 3.00. The highest BCUT2D eigenvalue weighted by atomic mass is 16.7. The minimum Gasteiger partial charge on any atom is -0.416 e. The molecule has 0 rings (SSSR count). The van der Waals surface area contributed by atoms with Gasteiger partial charge in [-0.15, -0.1) is 0 Å². The molecule has 4 nitrogen and oxygen atoms in total. The molecule has 0 aliphatic rings. The zero-order chi connectivity index (χ0) is 9.94. The molecule has 4 heteroatoms. The summed E-state index contributed by atoms with van der Waals surface area (Å²) in [4.78, 5) is 12.3. The first-order valence-electron chi connectivity index (χ1n) is 3.56. The molecule has 0 spiro atoms. The van der Waals surface area contributed by atoms with Gasteiger partial charge in [0, 0.05) is 12.5 Å². The van der Waals surface area contributed by atoms with Gasteiger partial charge in [-0.25, -0.2) is 9.69 Å². The smallest absolute Gasteiger partial charge is 0.336 e. The van der Waals surface area contributed by atoms with Gasteiger partial charge in [0.15, 0.2) is 0 Å². The van der Waals surface area contributed by atoms with Gasteiger partial charge in [0.1, 0.15) is 0 Å². The summed E-state index contributed by atoms with van der Waals surface area (Å²) in [5, 5.41) is 9.45. The van der Waals surface area contributed by atoms with E-state index in [0.29, 0.717) is 0 Å². The lowest BCUT2D eigenvalue weighted by Crippen LogP contribution is -2.45. The summed E-state index contributed by atoms with van der Waals surface area (Å²) in [6.07, 6.45) is 0. The first-order valence-corrected chi connectivity index (χ1v) is 3.56. The molecule has 0 amide bonds. The number of aliphatic hydroxyl groups is 1. The lowest BCUT2D eigenvalue weighted by molar-refractivity contribution is -0.253. The molecule has 0 aromatic carbocycles. The van der Waals surface area contributed by atoms with Crippen LogP contribution in [0.4, 0.5) is 0 Å². The van der Waals surface area contributed by atoms with Crippen LogP contribution >= 0.6 is 0 Å². The van der Waals surface area contributed by atoms with Gasteiger partial charge in [-0.1, -0.05) is 6.58 Å². The molecule has 0 aliphatic carbocycles. The van der Waals surface area contributed by atoms with Gasteiger partial charge >= 0.3 is 5.97 Å². The van der Waals surface area contributed by atoms with Crippen molar-refractivity contribution < 1.29 is 14.6 Å². The van der Waals surface area contributed by atoms with E-state index in [9.17, 15) is 9.90 Å². The average Bonchev–Trinajstić information content (AvgIpc) is 1.85. The number of rotatable bonds is 3. The van der Waals surface area contributed by atoms with Crippen molar-refractivity contribution in [3.05, 3.63) is 12.2 Å². The Labute approximate surface area is 72.4 Å². The summed E-state index contributed by atoms with van der Waals surface area (Å²) < 4.78 is 4.70.